The third kappa shape index (κ3) is 5.19. The summed E-state index contributed by atoms with van der Waals surface area (Å²) in [6.07, 6.45) is 6.09. The minimum Gasteiger partial charge on any atom is -0.238 e. The summed E-state index contributed by atoms with van der Waals surface area (Å²) in [5, 5.41) is 0. The summed E-state index contributed by atoms with van der Waals surface area (Å²) >= 11 is 0. The van der Waals surface area contributed by atoms with Crippen molar-refractivity contribution in [2.45, 2.75) is 37.5 Å². The molecule has 0 N–H and O–H groups in total. The predicted octanol–water partition coefficient (Wildman–Crippen LogP) is 12.0. The number of hydrogen-bond donors (Lipinski definition) is 0. The summed E-state index contributed by atoms with van der Waals surface area (Å²) < 4.78 is 0. The van der Waals surface area contributed by atoms with Crippen LogP contribution in [-0.2, 0) is 5.41 Å². The van der Waals surface area contributed by atoms with Gasteiger partial charge in [0, 0.05) is 22.1 Å². The van der Waals surface area contributed by atoms with E-state index >= 15 is 0 Å². The molecule has 6 aromatic carbocycles. The van der Waals surface area contributed by atoms with E-state index in [1.54, 1.807) is 0 Å². The Morgan fingerprint density at radius 1 is 0.420 bits per heavy atom. The second kappa shape index (κ2) is 12.4. The highest BCUT2D eigenvalue weighted by atomic mass is 15.0. The molecule has 1 spiro atoms. The molecule has 0 aliphatic heterocycles. The van der Waals surface area contributed by atoms with Crippen LogP contribution in [0.2, 0.25) is 0 Å². The Morgan fingerprint density at radius 2 is 0.940 bits per heavy atom. The molecule has 1 aromatic heterocycles. The van der Waals surface area contributed by atoms with E-state index in [1.807, 2.05) is 66.7 Å². The van der Waals surface area contributed by atoms with Crippen molar-refractivity contribution >= 4 is 5.69 Å². The fourth-order valence-corrected chi connectivity index (χ4v) is 8.09. The van der Waals surface area contributed by atoms with Crippen molar-refractivity contribution in [1.29, 1.82) is 0 Å². The van der Waals surface area contributed by atoms with E-state index in [1.165, 1.54) is 52.6 Å². The third-order valence-corrected chi connectivity index (χ3v) is 10.5. The van der Waals surface area contributed by atoms with Crippen LogP contribution in [0.3, 0.4) is 0 Å². The third-order valence-electron chi connectivity index (χ3n) is 10.5. The van der Waals surface area contributed by atoms with Crippen LogP contribution in [0.25, 0.3) is 72.4 Å². The maximum Gasteiger partial charge on any atom is 0.187 e. The van der Waals surface area contributed by atoms with Gasteiger partial charge in [-0.3, -0.25) is 0 Å². The molecule has 9 rings (SSSR count). The number of benzene rings is 6. The van der Waals surface area contributed by atoms with E-state index in [4.69, 9.17) is 21.5 Å². The molecule has 0 atom stereocenters. The average molecular weight is 643 g/mol. The minimum absolute atomic E-state index is 0.0349. The Kier molecular flexibility index (Phi) is 7.40. The first-order valence-electron chi connectivity index (χ1n) is 17.4. The fraction of sp³-hybridized carbons (Fsp3) is 0.130. The van der Waals surface area contributed by atoms with E-state index in [0.29, 0.717) is 23.2 Å². The van der Waals surface area contributed by atoms with Crippen molar-refractivity contribution in [3.63, 3.8) is 0 Å². The van der Waals surface area contributed by atoms with Gasteiger partial charge in [-0.05, 0) is 81.6 Å². The van der Waals surface area contributed by atoms with Gasteiger partial charge in [-0.15, -0.1) is 0 Å². The smallest absolute Gasteiger partial charge is 0.187 e. The van der Waals surface area contributed by atoms with Crippen molar-refractivity contribution in [1.82, 2.24) is 15.0 Å². The Bertz CT molecular complexity index is 2360. The molecule has 0 bridgehead atoms. The van der Waals surface area contributed by atoms with Gasteiger partial charge in [0.1, 0.15) is 0 Å². The van der Waals surface area contributed by atoms with E-state index in [9.17, 15) is 0 Å². The molecule has 4 heteroatoms. The molecule has 1 heterocycles. The molecular formula is C46H34N4. The second-order valence-electron chi connectivity index (χ2n) is 13.4. The van der Waals surface area contributed by atoms with Crippen molar-refractivity contribution < 1.29 is 0 Å². The molecule has 0 saturated heterocycles. The molecule has 238 valence electrons. The molecule has 0 unspecified atom stereocenters. The lowest BCUT2D eigenvalue weighted by molar-refractivity contribution is 0.353. The maximum atomic E-state index is 7.63. The van der Waals surface area contributed by atoms with Gasteiger partial charge in [0.25, 0.3) is 0 Å². The lowest BCUT2D eigenvalue weighted by Gasteiger charge is -2.36. The highest BCUT2D eigenvalue weighted by molar-refractivity contribution is 5.86. The van der Waals surface area contributed by atoms with E-state index in [0.717, 1.165) is 40.7 Å². The zero-order valence-corrected chi connectivity index (χ0v) is 27.7. The summed E-state index contributed by atoms with van der Waals surface area (Å²) in [7, 11) is 0. The highest BCUT2D eigenvalue weighted by Gasteiger charge is 2.43. The zero-order chi connectivity index (χ0) is 33.5. The highest BCUT2D eigenvalue weighted by Crippen LogP contribution is 2.57. The van der Waals surface area contributed by atoms with Gasteiger partial charge in [-0.2, -0.15) is 0 Å². The van der Waals surface area contributed by atoms with Gasteiger partial charge in [-0.25, -0.2) is 19.8 Å². The summed E-state index contributed by atoms with van der Waals surface area (Å²) in [6, 6.07) is 50.9. The standard InChI is InChI=1S/C46H34N4/c1-47-38-22-24-41-40(30-38)39-23-21-36(29-42(39)46(41)25-9-4-10-26-46)34-18-11-17-33(27-34)35-19-12-20-37(28-35)45-49-43(31-13-5-2-6-14-31)48-44(50-45)32-15-7-3-8-16-32/h2-3,5-8,11-24,27-30H,4,9-10,25-26H2. The van der Waals surface area contributed by atoms with Gasteiger partial charge in [0.05, 0.1) is 6.57 Å². The van der Waals surface area contributed by atoms with Crippen molar-refractivity contribution in [2.75, 3.05) is 0 Å². The van der Waals surface area contributed by atoms with Crippen molar-refractivity contribution in [2.24, 2.45) is 0 Å². The van der Waals surface area contributed by atoms with E-state index in [-0.39, 0.29) is 5.41 Å². The van der Waals surface area contributed by atoms with Crippen molar-refractivity contribution in [3.8, 4) is 67.5 Å². The maximum absolute atomic E-state index is 7.63. The monoisotopic (exact) mass is 642 g/mol. The number of fused-ring (bicyclic) bond motifs is 5. The summed E-state index contributed by atoms with van der Waals surface area (Å²) in [4.78, 5) is 18.6. The van der Waals surface area contributed by atoms with Crippen LogP contribution in [0.1, 0.15) is 43.2 Å². The molecule has 1 fully saturated rings. The van der Waals surface area contributed by atoms with E-state index in [2.05, 4.69) is 83.7 Å². The Balaban J connectivity index is 1.10. The lowest BCUT2D eigenvalue weighted by atomic mass is 9.67. The largest absolute Gasteiger partial charge is 0.238 e. The van der Waals surface area contributed by atoms with Crippen LogP contribution in [0.4, 0.5) is 5.69 Å². The molecule has 50 heavy (non-hydrogen) atoms. The van der Waals surface area contributed by atoms with Crippen LogP contribution in [0.15, 0.2) is 146 Å². The number of aromatic nitrogens is 3. The zero-order valence-electron chi connectivity index (χ0n) is 27.7. The number of nitrogens with zero attached hydrogens (tertiary/aromatic N) is 4. The lowest BCUT2D eigenvalue weighted by Crippen LogP contribution is -2.28. The van der Waals surface area contributed by atoms with Crippen LogP contribution in [0.5, 0.6) is 0 Å². The molecule has 2 aliphatic rings. The molecule has 1 saturated carbocycles. The number of rotatable bonds is 5. The Labute approximate surface area is 293 Å². The predicted molar refractivity (Wildman–Crippen MR) is 203 cm³/mol. The Hall–Kier alpha value is -6.18. The van der Waals surface area contributed by atoms with Gasteiger partial charge >= 0.3 is 0 Å². The van der Waals surface area contributed by atoms with Gasteiger partial charge in [0.2, 0.25) is 0 Å². The Morgan fingerprint density at radius 3 is 1.54 bits per heavy atom. The average Bonchev–Trinajstić information content (AvgIpc) is 3.45. The SMILES string of the molecule is [C-]#[N+]c1ccc2c(c1)-c1ccc(-c3cccc(-c4cccc(-c5nc(-c6ccccc6)nc(-c6ccccc6)n5)c4)c3)cc1C21CCCCC1. The summed E-state index contributed by atoms with van der Waals surface area (Å²) in [6.45, 7) is 7.63. The van der Waals surface area contributed by atoms with Crippen LogP contribution in [-0.4, -0.2) is 15.0 Å². The van der Waals surface area contributed by atoms with Crippen LogP contribution < -0.4 is 0 Å². The minimum atomic E-state index is 0.0349. The summed E-state index contributed by atoms with van der Waals surface area (Å²) in [5.74, 6) is 1.95. The fourth-order valence-electron chi connectivity index (χ4n) is 8.09. The molecular weight excluding hydrogens is 609 g/mol. The molecule has 4 nitrogen and oxygen atoms in total. The molecule has 0 radical (unpaired) electrons. The normalized spacial score (nSPS) is 14.1. The molecule has 7 aromatic rings. The van der Waals surface area contributed by atoms with E-state index < -0.39 is 0 Å². The molecule has 0 amide bonds. The molecule has 2 aliphatic carbocycles. The van der Waals surface area contributed by atoms with Crippen LogP contribution >= 0.6 is 0 Å². The topological polar surface area (TPSA) is 43.0 Å². The first-order valence-corrected chi connectivity index (χ1v) is 17.4. The second-order valence-corrected chi connectivity index (χ2v) is 13.4. The first-order chi connectivity index (χ1) is 24.7. The first kappa shape index (κ1) is 29.9. The summed E-state index contributed by atoms with van der Waals surface area (Å²) in [5.41, 5.74) is 13.6. The van der Waals surface area contributed by atoms with Gasteiger partial charge < -0.3 is 0 Å². The quantitative estimate of drug-likeness (QED) is 0.175. The van der Waals surface area contributed by atoms with Crippen LogP contribution in [0, 0.1) is 6.57 Å². The van der Waals surface area contributed by atoms with Crippen molar-refractivity contribution in [3.05, 3.63) is 168 Å². The van der Waals surface area contributed by atoms with Gasteiger partial charge in [-0.1, -0.05) is 141 Å². The van der Waals surface area contributed by atoms with Gasteiger partial charge in [0.15, 0.2) is 23.2 Å². The number of hydrogen-bond acceptors (Lipinski definition) is 3.